The number of halogens is 2. The van der Waals surface area contributed by atoms with Gasteiger partial charge in [-0.05, 0) is 12.1 Å². The number of alkyl halides is 2. The molecule has 0 atom stereocenters. The molecule has 7 nitrogen and oxygen atoms in total. The number of nitrogens with zero attached hydrogens (tertiary/aromatic N) is 2. The second-order valence-corrected chi connectivity index (χ2v) is 4.82. The molecule has 0 aliphatic heterocycles. The molecule has 25 heavy (non-hydrogen) atoms. The minimum Gasteiger partial charge on any atom is -0.493 e. The van der Waals surface area contributed by atoms with Gasteiger partial charge in [-0.1, -0.05) is 0 Å². The number of benzene rings is 1. The first-order valence-corrected chi connectivity index (χ1v) is 7.01. The molecule has 2 N–H and O–H groups in total. The van der Waals surface area contributed by atoms with Crippen LogP contribution in [0, 0.1) is 11.3 Å². The normalized spacial score (nSPS) is 10.4. The fourth-order valence-electron chi connectivity index (χ4n) is 2.20. The maximum absolute atomic E-state index is 12.3. The molecule has 0 saturated carbocycles. The number of carbonyl (C=O) groups is 1. The van der Waals surface area contributed by atoms with Crippen LogP contribution < -0.4 is 15.2 Å². The Labute approximate surface area is 142 Å². The Morgan fingerprint density at radius 2 is 2.08 bits per heavy atom. The third kappa shape index (κ3) is 3.63. The van der Waals surface area contributed by atoms with E-state index >= 15 is 0 Å². The van der Waals surface area contributed by atoms with E-state index in [4.69, 9.17) is 25.2 Å². The van der Waals surface area contributed by atoms with Gasteiger partial charge in [0, 0.05) is 18.0 Å². The number of aromatic nitrogens is 1. The van der Waals surface area contributed by atoms with Gasteiger partial charge < -0.3 is 24.5 Å². The summed E-state index contributed by atoms with van der Waals surface area (Å²) in [7, 11) is 2.54. The maximum atomic E-state index is 12.3. The van der Waals surface area contributed by atoms with Crippen molar-refractivity contribution < 1.29 is 27.8 Å². The first kappa shape index (κ1) is 18.1. The summed E-state index contributed by atoms with van der Waals surface area (Å²) in [5, 5.41) is 9.11. The number of nitrogens with two attached hydrogens (primary N) is 1. The minimum atomic E-state index is -2.63. The first-order valence-electron chi connectivity index (χ1n) is 7.01. The van der Waals surface area contributed by atoms with Crippen molar-refractivity contribution in [2.75, 3.05) is 26.6 Å². The summed E-state index contributed by atoms with van der Waals surface area (Å²) in [5.41, 5.74) is 6.29. The SMILES string of the molecule is COC(=O)c1c(N)c(C#N)cn1-c1ccc(OCC(F)F)c(OC)c1. The molecule has 0 radical (unpaired) electrons. The molecule has 0 fully saturated rings. The third-order valence-electron chi connectivity index (χ3n) is 3.33. The number of hydrogen-bond donors (Lipinski definition) is 1. The summed E-state index contributed by atoms with van der Waals surface area (Å²) in [6.45, 7) is -0.780. The van der Waals surface area contributed by atoms with E-state index < -0.39 is 19.0 Å². The largest absolute Gasteiger partial charge is 0.493 e. The highest BCUT2D eigenvalue weighted by atomic mass is 19.3. The number of nitrogen functional groups attached to an aromatic ring is 1. The molecule has 0 spiro atoms. The van der Waals surface area contributed by atoms with E-state index in [1.54, 1.807) is 0 Å². The minimum absolute atomic E-state index is 0.0219. The van der Waals surface area contributed by atoms with Crippen LogP contribution in [0.5, 0.6) is 11.5 Å². The molecule has 132 valence electrons. The molecular formula is C16H15F2N3O4. The van der Waals surface area contributed by atoms with Crippen molar-refractivity contribution in [2.24, 2.45) is 0 Å². The van der Waals surface area contributed by atoms with Crippen molar-refractivity contribution in [1.29, 1.82) is 5.26 Å². The summed E-state index contributed by atoms with van der Waals surface area (Å²) in [6, 6.07) is 6.28. The average Bonchev–Trinajstić information content (AvgIpc) is 2.95. The van der Waals surface area contributed by atoms with Gasteiger partial charge in [-0.15, -0.1) is 0 Å². The lowest BCUT2D eigenvalue weighted by atomic mass is 10.2. The highest BCUT2D eigenvalue weighted by Gasteiger charge is 2.22. The highest BCUT2D eigenvalue weighted by molar-refractivity contribution is 5.96. The zero-order chi connectivity index (χ0) is 18.6. The third-order valence-corrected chi connectivity index (χ3v) is 3.33. The molecular weight excluding hydrogens is 336 g/mol. The van der Waals surface area contributed by atoms with Crippen LogP contribution in [0.2, 0.25) is 0 Å². The molecule has 0 unspecified atom stereocenters. The van der Waals surface area contributed by atoms with E-state index in [9.17, 15) is 13.6 Å². The lowest BCUT2D eigenvalue weighted by molar-refractivity contribution is 0.0593. The number of hydrogen-bond acceptors (Lipinski definition) is 6. The van der Waals surface area contributed by atoms with Crippen molar-refractivity contribution in [3.05, 3.63) is 35.7 Å². The number of anilines is 1. The van der Waals surface area contributed by atoms with Crippen LogP contribution in [-0.4, -0.2) is 37.8 Å². The Morgan fingerprint density at radius 1 is 1.36 bits per heavy atom. The fourth-order valence-corrected chi connectivity index (χ4v) is 2.20. The lowest BCUT2D eigenvalue weighted by Gasteiger charge is -2.14. The zero-order valence-electron chi connectivity index (χ0n) is 13.5. The Bertz CT molecular complexity index is 828. The Hall–Kier alpha value is -3.28. The van der Waals surface area contributed by atoms with Gasteiger partial charge in [-0.2, -0.15) is 5.26 Å². The lowest BCUT2D eigenvalue weighted by Crippen LogP contribution is -2.11. The van der Waals surface area contributed by atoms with E-state index in [0.717, 1.165) is 0 Å². The van der Waals surface area contributed by atoms with Crippen LogP contribution in [-0.2, 0) is 4.74 Å². The number of carbonyl (C=O) groups excluding carboxylic acids is 1. The van der Waals surface area contributed by atoms with E-state index in [1.807, 2.05) is 6.07 Å². The van der Waals surface area contributed by atoms with Crippen LogP contribution in [0.15, 0.2) is 24.4 Å². The highest BCUT2D eigenvalue weighted by Crippen LogP contribution is 2.32. The quantitative estimate of drug-likeness (QED) is 0.802. The number of ether oxygens (including phenoxy) is 3. The Morgan fingerprint density at radius 3 is 2.64 bits per heavy atom. The topological polar surface area (TPSA) is 99.5 Å². The average molecular weight is 351 g/mol. The molecule has 0 aliphatic rings. The van der Waals surface area contributed by atoms with Crippen LogP contribution in [0.4, 0.5) is 14.5 Å². The second kappa shape index (κ2) is 7.53. The smallest absolute Gasteiger partial charge is 0.357 e. The van der Waals surface area contributed by atoms with E-state index in [-0.39, 0.29) is 28.4 Å². The predicted molar refractivity (Wildman–Crippen MR) is 84.3 cm³/mol. The monoisotopic (exact) mass is 351 g/mol. The Balaban J connectivity index is 2.52. The van der Waals surface area contributed by atoms with Gasteiger partial charge in [0.15, 0.2) is 17.2 Å². The summed E-state index contributed by atoms with van der Waals surface area (Å²) in [5.74, 6) is -0.428. The molecule has 2 rings (SSSR count). The van der Waals surface area contributed by atoms with E-state index in [2.05, 4.69) is 0 Å². The molecule has 0 amide bonds. The summed E-state index contributed by atoms with van der Waals surface area (Å²) in [4.78, 5) is 12.0. The van der Waals surface area contributed by atoms with Crippen molar-refractivity contribution in [2.45, 2.75) is 6.43 Å². The molecule has 2 aromatic rings. The van der Waals surface area contributed by atoms with Crippen LogP contribution in [0.1, 0.15) is 16.1 Å². The van der Waals surface area contributed by atoms with Crippen LogP contribution >= 0.6 is 0 Å². The number of methoxy groups -OCH3 is 2. The van der Waals surface area contributed by atoms with Crippen molar-refractivity contribution in [1.82, 2.24) is 4.57 Å². The molecule has 1 aromatic heterocycles. The number of esters is 1. The summed E-state index contributed by atoms with van der Waals surface area (Å²) >= 11 is 0. The fraction of sp³-hybridized carbons (Fsp3) is 0.250. The van der Waals surface area contributed by atoms with E-state index in [0.29, 0.717) is 5.69 Å². The van der Waals surface area contributed by atoms with Gasteiger partial charge in [0.1, 0.15) is 12.7 Å². The van der Waals surface area contributed by atoms with E-state index in [1.165, 1.54) is 43.2 Å². The van der Waals surface area contributed by atoms with Crippen molar-refractivity contribution in [3.63, 3.8) is 0 Å². The molecule has 1 aromatic carbocycles. The van der Waals surface area contributed by atoms with Crippen LogP contribution in [0.25, 0.3) is 5.69 Å². The molecule has 0 bridgehead atoms. The predicted octanol–water partition coefficient (Wildman–Crippen LogP) is 2.37. The van der Waals surface area contributed by atoms with Gasteiger partial charge in [0.05, 0.1) is 25.5 Å². The zero-order valence-corrected chi connectivity index (χ0v) is 13.5. The summed E-state index contributed by atoms with van der Waals surface area (Å²) < 4.78 is 40.8. The van der Waals surface area contributed by atoms with Crippen molar-refractivity contribution in [3.8, 4) is 23.3 Å². The number of rotatable bonds is 6. The Kier molecular flexibility index (Phi) is 5.44. The molecule has 9 heteroatoms. The van der Waals surface area contributed by atoms with Gasteiger partial charge in [0.2, 0.25) is 0 Å². The van der Waals surface area contributed by atoms with Gasteiger partial charge >= 0.3 is 5.97 Å². The number of nitriles is 1. The maximum Gasteiger partial charge on any atom is 0.357 e. The van der Waals surface area contributed by atoms with Gasteiger partial charge in [-0.3, -0.25) is 0 Å². The molecule has 1 heterocycles. The standard InChI is InChI=1S/C16H15F2N3O4/c1-23-12-5-10(3-4-11(12)25-8-13(17)18)21-7-9(6-19)14(20)15(21)16(22)24-2/h3-5,7,13H,8,20H2,1-2H3. The van der Waals surface area contributed by atoms with Crippen LogP contribution in [0.3, 0.4) is 0 Å². The van der Waals surface area contributed by atoms with Gasteiger partial charge in [0.25, 0.3) is 6.43 Å². The summed E-state index contributed by atoms with van der Waals surface area (Å²) in [6.07, 6.45) is -1.26. The second-order valence-electron chi connectivity index (χ2n) is 4.82. The molecule has 0 aliphatic carbocycles. The molecule has 0 saturated heterocycles. The van der Waals surface area contributed by atoms with Gasteiger partial charge in [-0.25, -0.2) is 13.6 Å². The van der Waals surface area contributed by atoms with Crippen molar-refractivity contribution >= 4 is 11.7 Å². The first-order chi connectivity index (χ1) is 11.9.